The Bertz CT molecular complexity index is 225. The van der Waals surface area contributed by atoms with Crippen LogP contribution < -0.4 is 0 Å². The fourth-order valence-corrected chi connectivity index (χ4v) is 0.613. The van der Waals surface area contributed by atoms with Gasteiger partial charge in [-0.05, 0) is 12.2 Å². The Kier molecular flexibility index (Phi) is 1.54. The van der Waals surface area contributed by atoms with Crippen molar-refractivity contribution in [3.05, 3.63) is 24.1 Å². The lowest BCUT2D eigenvalue weighted by molar-refractivity contribution is -0.149. The molecule has 0 saturated heterocycles. The molecule has 1 rings (SSSR count). The van der Waals surface area contributed by atoms with Gasteiger partial charge >= 0.3 is 11.8 Å². The van der Waals surface area contributed by atoms with Gasteiger partial charge in [-0.15, -0.1) is 0 Å². The number of rotatable bonds is 0. The smallest absolute Gasteiger partial charge is 0.207 e. The normalized spacial score (nSPS) is 26.5. The predicted octanol–water partition coefficient (Wildman–Crippen LogP) is 2.68. The molecule has 0 heterocycles. The van der Waals surface area contributed by atoms with E-state index < -0.39 is 23.7 Å². The van der Waals surface area contributed by atoms with E-state index in [2.05, 4.69) is 0 Å². The Hall–Kier alpha value is -0.870. The number of allylic oxidation sites excluding steroid dienone is 4. The molecule has 0 fully saturated rings. The van der Waals surface area contributed by atoms with Gasteiger partial charge in [0.2, 0.25) is 0 Å². The second-order valence-corrected chi connectivity index (χ2v) is 2.11. The summed E-state index contributed by atoms with van der Waals surface area (Å²) >= 11 is 0. The molecule has 0 aromatic rings. The molecule has 5 heteroatoms. The average Bonchev–Trinajstić information content (AvgIpc) is 1.80. The highest BCUT2D eigenvalue weighted by Gasteiger charge is 2.54. The van der Waals surface area contributed by atoms with E-state index in [-0.39, 0.29) is 6.08 Å². The van der Waals surface area contributed by atoms with Crippen molar-refractivity contribution in [2.45, 2.75) is 11.8 Å². The fourth-order valence-electron chi connectivity index (χ4n) is 0.613. The van der Waals surface area contributed by atoms with Crippen LogP contribution in [0.1, 0.15) is 0 Å². The summed E-state index contributed by atoms with van der Waals surface area (Å²) in [6.07, 6.45) is -0.229. The van der Waals surface area contributed by atoms with Gasteiger partial charge in [-0.1, -0.05) is 0 Å². The number of halogens is 5. The van der Waals surface area contributed by atoms with Crippen LogP contribution in [0.25, 0.3) is 0 Å². The average molecular weight is 170 g/mol. The molecule has 0 aromatic heterocycles. The van der Waals surface area contributed by atoms with E-state index in [1.807, 2.05) is 0 Å². The Balaban J connectivity index is 3.04. The van der Waals surface area contributed by atoms with E-state index in [1.165, 1.54) is 0 Å². The van der Waals surface area contributed by atoms with Crippen LogP contribution in [0.4, 0.5) is 22.0 Å². The van der Waals surface area contributed by atoms with Gasteiger partial charge in [0.05, 0.1) is 0 Å². The standard InChI is InChI=1S/C6H3F5/c7-4-1-2-5(8,9)6(10,11)3-4/h1-3H. The summed E-state index contributed by atoms with van der Waals surface area (Å²) in [5.74, 6) is -10.0. The minimum Gasteiger partial charge on any atom is -0.207 e. The van der Waals surface area contributed by atoms with Crippen molar-refractivity contribution >= 4 is 0 Å². The van der Waals surface area contributed by atoms with Crippen LogP contribution in [-0.4, -0.2) is 11.8 Å². The van der Waals surface area contributed by atoms with Gasteiger partial charge in [-0.25, -0.2) is 4.39 Å². The molecule has 0 aliphatic heterocycles. The molecule has 0 aromatic carbocycles. The maximum absolute atomic E-state index is 12.1. The summed E-state index contributed by atoms with van der Waals surface area (Å²) in [5.41, 5.74) is 0. The van der Waals surface area contributed by atoms with E-state index in [4.69, 9.17) is 0 Å². The largest absolute Gasteiger partial charge is 0.335 e. The molecule has 1 aliphatic rings. The zero-order valence-electron chi connectivity index (χ0n) is 5.12. The zero-order chi connectivity index (χ0) is 8.70. The molecule has 0 nitrogen and oxygen atoms in total. The number of hydrogen-bond donors (Lipinski definition) is 0. The minimum atomic E-state index is -4.41. The number of hydrogen-bond acceptors (Lipinski definition) is 0. The molecule has 0 atom stereocenters. The van der Waals surface area contributed by atoms with Crippen molar-refractivity contribution in [3.63, 3.8) is 0 Å². The van der Waals surface area contributed by atoms with Crippen LogP contribution in [0.3, 0.4) is 0 Å². The molecule has 0 unspecified atom stereocenters. The van der Waals surface area contributed by atoms with Crippen LogP contribution >= 0.6 is 0 Å². The predicted molar refractivity (Wildman–Crippen MR) is 28.2 cm³/mol. The van der Waals surface area contributed by atoms with Crippen LogP contribution in [-0.2, 0) is 0 Å². The first-order valence-corrected chi connectivity index (χ1v) is 2.68. The highest BCUT2D eigenvalue weighted by molar-refractivity contribution is 5.27. The highest BCUT2D eigenvalue weighted by atomic mass is 19.3. The van der Waals surface area contributed by atoms with Gasteiger partial charge in [-0.3, -0.25) is 0 Å². The van der Waals surface area contributed by atoms with E-state index in [1.54, 1.807) is 0 Å². The second-order valence-electron chi connectivity index (χ2n) is 2.11. The van der Waals surface area contributed by atoms with Gasteiger partial charge in [0.15, 0.2) is 0 Å². The summed E-state index contributed by atoms with van der Waals surface area (Å²) in [6.45, 7) is 0. The van der Waals surface area contributed by atoms with Gasteiger partial charge < -0.3 is 0 Å². The summed E-state index contributed by atoms with van der Waals surface area (Å²) in [5, 5.41) is 0. The third kappa shape index (κ3) is 1.27. The first-order valence-electron chi connectivity index (χ1n) is 2.68. The minimum absolute atomic E-state index is 0.150. The van der Waals surface area contributed by atoms with E-state index >= 15 is 0 Å². The van der Waals surface area contributed by atoms with Crippen LogP contribution in [0.5, 0.6) is 0 Å². The molecule has 1 aliphatic carbocycles. The Morgan fingerprint density at radius 1 is 1.00 bits per heavy atom. The Morgan fingerprint density at radius 2 is 1.55 bits per heavy atom. The highest BCUT2D eigenvalue weighted by Crippen LogP contribution is 2.40. The molecule has 0 saturated carbocycles. The summed E-state index contributed by atoms with van der Waals surface area (Å²) < 4.78 is 60.4. The topological polar surface area (TPSA) is 0 Å². The molecular weight excluding hydrogens is 167 g/mol. The van der Waals surface area contributed by atoms with Crippen LogP contribution in [0.2, 0.25) is 0 Å². The van der Waals surface area contributed by atoms with Crippen LogP contribution in [0.15, 0.2) is 24.1 Å². The quantitative estimate of drug-likeness (QED) is 0.490. The van der Waals surface area contributed by atoms with Gasteiger partial charge in [0.1, 0.15) is 5.83 Å². The lowest BCUT2D eigenvalue weighted by atomic mass is 10.1. The Labute approximate surface area is 59.0 Å². The third-order valence-corrected chi connectivity index (χ3v) is 1.22. The molecular formula is C6H3F5. The van der Waals surface area contributed by atoms with Crippen molar-refractivity contribution in [1.82, 2.24) is 0 Å². The first-order chi connectivity index (χ1) is 4.85. The maximum Gasteiger partial charge on any atom is 0.335 e. The molecule has 0 spiro atoms. The lowest BCUT2D eigenvalue weighted by Gasteiger charge is -2.22. The monoisotopic (exact) mass is 170 g/mol. The lowest BCUT2D eigenvalue weighted by Crippen LogP contribution is -2.38. The molecule has 62 valence electrons. The first kappa shape index (κ1) is 8.23. The van der Waals surface area contributed by atoms with E-state index in [9.17, 15) is 22.0 Å². The number of alkyl halides is 4. The van der Waals surface area contributed by atoms with E-state index in [0.717, 1.165) is 0 Å². The van der Waals surface area contributed by atoms with Crippen molar-refractivity contribution < 1.29 is 22.0 Å². The molecule has 0 radical (unpaired) electrons. The van der Waals surface area contributed by atoms with Crippen molar-refractivity contribution in [1.29, 1.82) is 0 Å². The van der Waals surface area contributed by atoms with Crippen LogP contribution in [0, 0.1) is 0 Å². The molecule has 11 heavy (non-hydrogen) atoms. The molecule has 0 N–H and O–H groups in total. The van der Waals surface area contributed by atoms with Crippen molar-refractivity contribution in [3.8, 4) is 0 Å². The van der Waals surface area contributed by atoms with E-state index in [0.29, 0.717) is 6.08 Å². The van der Waals surface area contributed by atoms with Gasteiger partial charge in [0, 0.05) is 6.08 Å². The Morgan fingerprint density at radius 3 is 1.91 bits per heavy atom. The van der Waals surface area contributed by atoms with Gasteiger partial charge in [-0.2, -0.15) is 17.6 Å². The summed E-state index contributed by atoms with van der Waals surface area (Å²) in [4.78, 5) is 0. The zero-order valence-corrected chi connectivity index (χ0v) is 5.12. The van der Waals surface area contributed by atoms with Crippen molar-refractivity contribution in [2.24, 2.45) is 0 Å². The molecule has 0 bridgehead atoms. The van der Waals surface area contributed by atoms with Gasteiger partial charge in [0.25, 0.3) is 0 Å². The third-order valence-electron chi connectivity index (χ3n) is 1.22. The SMILES string of the molecule is FC1=CC(F)(F)C(F)(F)C=C1. The van der Waals surface area contributed by atoms with Crippen molar-refractivity contribution in [2.75, 3.05) is 0 Å². The maximum atomic E-state index is 12.1. The fraction of sp³-hybridized carbons (Fsp3) is 0.333. The molecule has 0 amide bonds. The summed E-state index contributed by atoms with van der Waals surface area (Å²) in [7, 11) is 0. The second kappa shape index (κ2) is 2.06. The summed E-state index contributed by atoms with van der Waals surface area (Å²) in [6, 6.07) is 0.